The third kappa shape index (κ3) is 3.65. The van der Waals surface area contributed by atoms with Gasteiger partial charge in [0.1, 0.15) is 0 Å². The second-order valence-electron chi connectivity index (χ2n) is 3.69. The maximum atomic E-state index is 8.62. The minimum atomic E-state index is 0.0425. The number of nitrogens with two attached hydrogens (primary N) is 1. The number of halogens is 2. The Labute approximate surface area is 128 Å². The van der Waals surface area contributed by atoms with E-state index < -0.39 is 0 Å². The Balaban J connectivity index is 2.27. The molecule has 0 bridgehead atoms. The molecule has 98 valence electrons. The molecule has 3 nitrogen and oxygen atoms in total. The Hall–Kier alpha value is -1.17. The van der Waals surface area contributed by atoms with Crippen molar-refractivity contribution in [3.05, 3.63) is 57.5 Å². The summed E-state index contributed by atoms with van der Waals surface area (Å²) in [6.45, 7) is 0. The lowest BCUT2D eigenvalue weighted by Crippen LogP contribution is -2.12. The van der Waals surface area contributed by atoms with Crippen LogP contribution in [-0.4, -0.2) is 11.0 Å². The molecule has 0 heterocycles. The highest BCUT2D eigenvalue weighted by Crippen LogP contribution is 2.34. The Kier molecular flexibility index (Phi) is 4.74. The van der Waals surface area contributed by atoms with Gasteiger partial charge in [-0.15, -0.1) is 0 Å². The molecular formula is C13H10BrClN2OS. The van der Waals surface area contributed by atoms with Crippen LogP contribution in [0.15, 0.2) is 61.9 Å². The van der Waals surface area contributed by atoms with Crippen LogP contribution in [-0.2, 0) is 0 Å². The fourth-order valence-corrected chi connectivity index (χ4v) is 3.18. The van der Waals surface area contributed by atoms with Crippen molar-refractivity contribution in [2.45, 2.75) is 9.79 Å². The van der Waals surface area contributed by atoms with Crippen molar-refractivity contribution in [3.63, 3.8) is 0 Å². The highest BCUT2D eigenvalue weighted by Gasteiger charge is 2.07. The highest BCUT2D eigenvalue weighted by molar-refractivity contribution is 9.10. The number of amidine groups is 1. The molecule has 0 amide bonds. The van der Waals surface area contributed by atoms with E-state index in [1.165, 1.54) is 0 Å². The average Bonchev–Trinajstić information content (AvgIpc) is 2.40. The van der Waals surface area contributed by atoms with Gasteiger partial charge >= 0.3 is 0 Å². The zero-order chi connectivity index (χ0) is 13.8. The van der Waals surface area contributed by atoms with Gasteiger partial charge < -0.3 is 10.9 Å². The number of oxime groups is 1. The first-order chi connectivity index (χ1) is 9.10. The van der Waals surface area contributed by atoms with Gasteiger partial charge in [-0.3, -0.25) is 0 Å². The Morgan fingerprint density at radius 1 is 1.26 bits per heavy atom. The van der Waals surface area contributed by atoms with E-state index >= 15 is 0 Å². The van der Waals surface area contributed by atoms with Gasteiger partial charge in [0, 0.05) is 19.8 Å². The molecule has 0 saturated carbocycles. The monoisotopic (exact) mass is 356 g/mol. The van der Waals surface area contributed by atoms with E-state index in [4.69, 9.17) is 22.5 Å². The van der Waals surface area contributed by atoms with Crippen molar-refractivity contribution in [2.24, 2.45) is 10.9 Å². The summed E-state index contributed by atoms with van der Waals surface area (Å²) in [5.74, 6) is 0.0425. The molecule has 3 N–H and O–H groups in total. The molecular weight excluding hydrogens is 348 g/mol. The molecule has 2 rings (SSSR count). The summed E-state index contributed by atoms with van der Waals surface area (Å²) in [7, 11) is 0. The minimum Gasteiger partial charge on any atom is -0.409 e. The summed E-state index contributed by atoms with van der Waals surface area (Å²) in [5, 5.41) is 12.1. The zero-order valence-electron chi connectivity index (χ0n) is 9.68. The van der Waals surface area contributed by atoms with Crippen molar-refractivity contribution >= 4 is 45.1 Å². The maximum absolute atomic E-state index is 8.62. The average molecular weight is 358 g/mol. The lowest BCUT2D eigenvalue weighted by Gasteiger charge is -2.06. The summed E-state index contributed by atoms with van der Waals surface area (Å²) in [4.78, 5) is 1.99. The largest absolute Gasteiger partial charge is 0.409 e. The lowest BCUT2D eigenvalue weighted by atomic mass is 10.2. The Morgan fingerprint density at radius 2 is 2.05 bits per heavy atom. The van der Waals surface area contributed by atoms with Gasteiger partial charge in [-0.2, -0.15) is 0 Å². The van der Waals surface area contributed by atoms with Crippen LogP contribution < -0.4 is 5.73 Å². The van der Waals surface area contributed by atoms with Gasteiger partial charge in [-0.1, -0.05) is 50.5 Å². The van der Waals surface area contributed by atoms with Crippen molar-refractivity contribution < 1.29 is 5.21 Å². The van der Waals surface area contributed by atoms with E-state index in [2.05, 4.69) is 21.1 Å². The van der Waals surface area contributed by atoms with Gasteiger partial charge in [0.2, 0.25) is 0 Å². The standard InChI is InChI=1S/C13H10BrClN2OS/c14-9-2-1-3-10(7-9)19-12-5-4-8(6-11(12)15)13(16)17-18/h1-7,18H,(H2,16,17). The third-order valence-corrected chi connectivity index (χ3v) is 4.34. The molecule has 6 heteroatoms. The first-order valence-corrected chi connectivity index (χ1v) is 7.30. The van der Waals surface area contributed by atoms with E-state index in [0.717, 1.165) is 14.3 Å². The molecule has 0 fully saturated rings. The van der Waals surface area contributed by atoms with Crippen molar-refractivity contribution in [1.29, 1.82) is 0 Å². The second kappa shape index (κ2) is 6.32. The van der Waals surface area contributed by atoms with Gasteiger partial charge in [0.15, 0.2) is 5.84 Å². The van der Waals surface area contributed by atoms with E-state index in [1.807, 2.05) is 30.3 Å². The van der Waals surface area contributed by atoms with E-state index in [1.54, 1.807) is 23.9 Å². The molecule has 0 radical (unpaired) electrons. The van der Waals surface area contributed by atoms with Crippen LogP contribution >= 0.6 is 39.3 Å². The molecule has 0 unspecified atom stereocenters. The molecule has 0 aliphatic heterocycles. The molecule has 0 aromatic heterocycles. The van der Waals surface area contributed by atoms with Crippen LogP contribution in [0.1, 0.15) is 5.56 Å². The molecule has 0 aliphatic rings. The summed E-state index contributed by atoms with van der Waals surface area (Å²) in [5.41, 5.74) is 6.10. The lowest BCUT2D eigenvalue weighted by molar-refractivity contribution is 0.318. The maximum Gasteiger partial charge on any atom is 0.170 e. The van der Waals surface area contributed by atoms with Crippen LogP contribution in [0.3, 0.4) is 0 Å². The number of hydrogen-bond acceptors (Lipinski definition) is 3. The molecule has 0 atom stereocenters. The normalized spacial score (nSPS) is 11.6. The van der Waals surface area contributed by atoms with E-state index in [-0.39, 0.29) is 5.84 Å². The predicted molar refractivity (Wildman–Crippen MR) is 82.2 cm³/mol. The Morgan fingerprint density at radius 3 is 2.68 bits per heavy atom. The third-order valence-electron chi connectivity index (χ3n) is 2.36. The quantitative estimate of drug-likeness (QED) is 0.371. The summed E-state index contributed by atoms with van der Waals surface area (Å²) < 4.78 is 1.02. The van der Waals surface area contributed by atoms with Crippen molar-refractivity contribution in [1.82, 2.24) is 0 Å². The first-order valence-electron chi connectivity index (χ1n) is 5.31. The Bertz CT molecular complexity index is 634. The number of nitrogens with zero attached hydrogens (tertiary/aromatic N) is 1. The molecule has 0 spiro atoms. The van der Waals surface area contributed by atoms with Crippen molar-refractivity contribution in [3.8, 4) is 0 Å². The first kappa shape index (κ1) is 14.2. The summed E-state index contributed by atoms with van der Waals surface area (Å²) in [6, 6.07) is 13.2. The van der Waals surface area contributed by atoms with Crippen molar-refractivity contribution in [2.75, 3.05) is 0 Å². The van der Waals surface area contributed by atoms with E-state index in [0.29, 0.717) is 10.6 Å². The summed E-state index contributed by atoms with van der Waals surface area (Å²) in [6.07, 6.45) is 0. The van der Waals surface area contributed by atoms with E-state index in [9.17, 15) is 0 Å². The van der Waals surface area contributed by atoms with Gasteiger partial charge in [0.25, 0.3) is 0 Å². The fraction of sp³-hybridized carbons (Fsp3) is 0. The smallest absolute Gasteiger partial charge is 0.170 e. The molecule has 0 saturated heterocycles. The molecule has 0 aliphatic carbocycles. The minimum absolute atomic E-state index is 0.0425. The molecule has 2 aromatic carbocycles. The van der Waals surface area contributed by atoms with Crippen LogP contribution in [0.4, 0.5) is 0 Å². The number of hydrogen-bond donors (Lipinski definition) is 2. The van der Waals surface area contributed by atoms with Gasteiger partial charge in [0.05, 0.1) is 5.02 Å². The fourth-order valence-electron chi connectivity index (χ4n) is 1.46. The molecule has 19 heavy (non-hydrogen) atoms. The number of benzene rings is 2. The SMILES string of the molecule is NC(=NO)c1ccc(Sc2cccc(Br)c2)c(Cl)c1. The summed E-state index contributed by atoms with van der Waals surface area (Å²) >= 11 is 11.2. The van der Waals surface area contributed by atoms with Crippen LogP contribution in [0.2, 0.25) is 5.02 Å². The highest BCUT2D eigenvalue weighted by atomic mass is 79.9. The zero-order valence-corrected chi connectivity index (χ0v) is 12.8. The van der Waals surface area contributed by atoms with Crippen LogP contribution in [0, 0.1) is 0 Å². The van der Waals surface area contributed by atoms with Crippen LogP contribution in [0.5, 0.6) is 0 Å². The van der Waals surface area contributed by atoms with Crippen LogP contribution in [0.25, 0.3) is 0 Å². The second-order valence-corrected chi connectivity index (χ2v) is 6.13. The van der Waals surface area contributed by atoms with Gasteiger partial charge in [-0.05, 0) is 36.4 Å². The molecule has 2 aromatic rings. The topological polar surface area (TPSA) is 58.6 Å². The predicted octanol–water partition coefficient (Wildman–Crippen LogP) is 4.35. The van der Waals surface area contributed by atoms with Gasteiger partial charge in [-0.25, -0.2) is 0 Å². The number of rotatable bonds is 3.